The van der Waals surface area contributed by atoms with Crippen LogP contribution in [0.1, 0.15) is 32.3 Å². The van der Waals surface area contributed by atoms with E-state index in [9.17, 15) is 4.79 Å². The van der Waals surface area contributed by atoms with E-state index in [0.717, 1.165) is 5.69 Å². The Bertz CT molecular complexity index is 347. The summed E-state index contributed by atoms with van der Waals surface area (Å²) in [7, 11) is 0. The van der Waals surface area contributed by atoms with Crippen molar-refractivity contribution in [2.24, 2.45) is 0 Å². The smallest absolute Gasteiger partial charge is 0.221 e. The highest BCUT2D eigenvalue weighted by Crippen LogP contribution is 2.24. The summed E-state index contributed by atoms with van der Waals surface area (Å²) in [6, 6.07) is 5.99. The Labute approximate surface area is 98.2 Å². The van der Waals surface area contributed by atoms with Gasteiger partial charge in [0.15, 0.2) is 0 Å². The molecule has 3 heteroatoms. The van der Waals surface area contributed by atoms with Gasteiger partial charge in [0.25, 0.3) is 0 Å². The number of rotatable bonds is 2. The summed E-state index contributed by atoms with van der Waals surface area (Å²) in [5.74, 6) is 0.455. The molecular formula is C11H14INO. The molecule has 2 nitrogen and oxygen atoms in total. The van der Waals surface area contributed by atoms with Crippen molar-refractivity contribution in [2.75, 3.05) is 5.32 Å². The normalized spacial score (nSPS) is 10.4. The molecule has 1 N–H and O–H groups in total. The van der Waals surface area contributed by atoms with Crippen LogP contribution < -0.4 is 5.32 Å². The minimum atomic E-state index is -0.0269. The molecular weight excluding hydrogens is 289 g/mol. The maximum absolute atomic E-state index is 10.9. The second kappa shape index (κ2) is 4.77. The number of benzene rings is 1. The zero-order valence-corrected chi connectivity index (χ0v) is 10.8. The maximum atomic E-state index is 10.9. The van der Waals surface area contributed by atoms with Crippen molar-refractivity contribution in [1.29, 1.82) is 0 Å². The molecule has 0 unspecified atom stereocenters. The third-order valence-corrected chi connectivity index (χ3v) is 2.92. The van der Waals surface area contributed by atoms with Crippen molar-refractivity contribution >= 4 is 34.2 Å². The fraction of sp³-hybridized carbons (Fsp3) is 0.364. The molecule has 0 bridgehead atoms. The van der Waals surface area contributed by atoms with Crippen LogP contribution in [-0.2, 0) is 4.79 Å². The molecule has 0 saturated heterocycles. The van der Waals surface area contributed by atoms with Gasteiger partial charge in [-0.15, -0.1) is 0 Å². The van der Waals surface area contributed by atoms with Gasteiger partial charge in [0.05, 0.1) is 0 Å². The monoisotopic (exact) mass is 303 g/mol. The summed E-state index contributed by atoms with van der Waals surface area (Å²) >= 11 is 2.31. The Morgan fingerprint density at radius 1 is 1.43 bits per heavy atom. The van der Waals surface area contributed by atoms with Gasteiger partial charge in [-0.1, -0.05) is 13.8 Å². The fourth-order valence-electron chi connectivity index (χ4n) is 1.27. The molecule has 0 atom stereocenters. The van der Waals surface area contributed by atoms with Crippen LogP contribution in [0.3, 0.4) is 0 Å². The quantitative estimate of drug-likeness (QED) is 0.834. The predicted octanol–water partition coefficient (Wildman–Crippen LogP) is 3.37. The molecule has 76 valence electrons. The van der Waals surface area contributed by atoms with Crippen LogP contribution in [0.15, 0.2) is 18.2 Å². The van der Waals surface area contributed by atoms with Gasteiger partial charge in [-0.25, -0.2) is 0 Å². The number of nitrogens with one attached hydrogen (secondary N) is 1. The summed E-state index contributed by atoms with van der Waals surface area (Å²) < 4.78 is 1.24. The number of amides is 1. The second-order valence-electron chi connectivity index (χ2n) is 3.57. The summed E-state index contributed by atoms with van der Waals surface area (Å²) in [6.45, 7) is 5.82. The van der Waals surface area contributed by atoms with Gasteiger partial charge in [0, 0.05) is 16.2 Å². The lowest BCUT2D eigenvalue weighted by Gasteiger charge is -2.10. The number of hydrogen-bond donors (Lipinski definition) is 1. The van der Waals surface area contributed by atoms with Crippen LogP contribution in [0.4, 0.5) is 5.69 Å². The van der Waals surface area contributed by atoms with E-state index in [1.807, 2.05) is 18.2 Å². The first kappa shape index (κ1) is 11.5. The average molecular weight is 303 g/mol. The highest BCUT2D eigenvalue weighted by molar-refractivity contribution is 14.1. The Balaban J connectivity index is 3.00. The SMILES string of the molecule is CC(=O)Nc1ccc(I)c(C(C)C)c1. The number of halogens is 1. The molecule has 0 saturated carbocycles. The van der Waals surface area contributed by atoms with E-state index in [1.54, 1.807) is 0 Å². The lowest BCUT2D eigenvalue weighted by Crippen LogP contribution is -2.06. The summed E-state index contributed by atoms with van der Waals surface area (Å²) in [5, 5.41) is 2.78. The van der Waals surface area contributed by atoms with Crippen LogP contribution in [0.25, 0.3) is 0 Å². The van der Waals surface area contributed by atoms with E-state index in [0.29, 0.717) is 5.92 Å². The number of carbonyl (C=O) groups excluding carboxylic acids is 1. The van der Waals surface area contributed by atoms with Crippen LogP contribution in [0, 0.1) is 3.57 Å². The molecule has 1 aromatic rings. The van der Waals surface area contributed by atoms with Gasteiger partial charge in [-0.05, 0) is 52.3 Å². The van der Waals surface area contributed by atoms with Crippen molar-refractivity contribution in [3.8, 4) is 0 Å². The van der Waals surface area contributed by atoms with Crippen molar-refractivity contribution < 1.29 is 4.79 Å². The highest BCUT2D eigenvalue weighted by Gasteiger charge is 2.05. The zero-order valence-electron chi connectivity index (χ0n) is 8.60. The Hall–Kier alpha value is -0.580. The molecule has 0 aliphatic heterocycles. The summed E-state index contributed by atoms with van der Waals surface area (Å²) in [5.41, 5.74) is 2.15. The van der Waals surface area contributed by atoms with Crippen LogP contribution in [0.5, 0.6) is 0 Å². The molecule has 0 fully saturated rings. The molecule has 0 aromatic heterocycles. The average Bonchev–Trinajstić information content (AvgIpc) is 2.07. The van der Waals surface area contributed by atoms with Gasteiger partial charge in [0.2, 0.25) is 5.91 Å². The molecule has 0 aliphatic rings. The van der Waals surface area contributed by atoms with Crippen molar-refractivity contribution in [3.05, 3.63) is 27.3 Å². The van der Waals surface area contributed by atoms with Crippen LogP contribution in [-0.4, -0.2) is 5.91 Å². The minimum absolute atomic E-state index is 0.0269. The number of anilines is 1. The molecule has 1 amide bonds. The van der Waals surface area contributed by atoms with E-state index >= 15 is 0 Å². The molecule has 0 spiro atoms. The Morgan fingerprint density at radius 3 is 2.57 bits per heavy atom. The predicted molar refractivity (Wildman–Crippen MR) is 67.6 cm³/mol. The zero-order chi connectivity index (χ0) is 10.7. The van der Waals surface area contributed by atoms with Gasteiger partial charge in [-0.3, -0.25) is 4.79 Å². The molecule has 14 heavy (non-hydrogen) atoms. The first-order valence-corrected chi connectivity index (χ1v) is 5.65. The third kappa shape index (κ3) is 2.97. The maximum Gasteiger partial charge on any atom is 0.221 e. The van der Waals surface area contributed by atoms with Crippen LogP contribution in [0.2, 0.25) is 0 Å². The lowest BCUT2D eigenvalue weighted by atomic mass is 10.0. The standard InChI is InChI=1S/C11H14INO/c1-7(2)10-6-9(13-8(3)14)4-5-11(10)12/h4-7H,1-3H3,(H,13,14). The fourth-order valence-corrected chi connectivity index (χ4v) is 2.23. The summed E-state index contributed by atoms with van der Waals surface area (Å²) in [6.07, 6.45) is 0. The van der Waals surface area contributed by atoms with Crippen molar-refractivity contribution in [3.63, 3.8) is 0 Å². The minimum Gasteiger partial charge on any atom is -0.326 e. The molecule has 0 radical (unpaired) electrons. The first-order valence-electron chi connectivity index (χ1n) is 4.57. The first-order chi connectivity index (χ1) is 6.50. The third-order valence-electron chi connectivity index (χ3n) is 1.94. The van der Waals surface area contributed by atoms with Crippen molar-refractivity contribution in [2.45, 2.75) is 26.7 Å². The topological polar surface area (TPSA) is 29.1 Å². The second-order valence-corrected chi connectivity index (χ2v) is 4.73. The lowest BCUT2D eigenvalue weighted by molar-refractivity contribution is -0.114. The Morgan fingerprint density at radius 2 is 2.07 bits per heavy atom. The molecule has 1 rings (SSSR count). The largest absolute Gasteiger partial charge is 0.326 e. The number of hydrogen-bond acceptors (Lipinski definition) is 1. The molecule has 0 heterocycles. The van der Waals surface area contributed by atoms with E-state index in [1.165, 1.54) is 16.1 Å². The van der Waals surface area contributed by atoms with Crippen LogP contribution >= 0.6 is 22.6 Å². The molecule has 1 aromatic carbocycles. The van der Waals surface area contributed by atoms with E-state index in [4.69, 9.17) is 0 Å². The molecule has 0 aliphatic carbocycles. The highest BCUT2D eigenvalue weighted by atomic mass is 127. The van der Waals surface area contributed by atoms with Crippen molar-refractivity contribution in [1.82, 2.24) is 0 Å². The van der Waals surface area contributed by atoms with Gasteiger partial charge in [-0.2, -0.15) is 0 Å². The van der Waals surface area contributed by atoms with E-state index in [2.05, 4.69) is 41.8 Å². The van der Waals surface area contributed by atoms with Gasteiger partial charge < -0.3 is 5.32 Å². The van der Waals surface area contributed by atoms with Gasteiger partial charge >= 0.3 is 0 Å². The van der Waals surface area contributed by atoms with Gasteiger partial charge in [0.1, 0.15) is 0 Å². The summed E-state index contributed by atoms with van der Waals surface area (Å²) in [4.78, 5) is 10.9. The van der Waals surface area contributed by atoms with E-state index in [-0.39, 0.29) is 5.91 Å². The Kier molecular flexibility index (Phi) is 3.92. The van der Waals surface area contributed by atoms with E-state index < -0.39 is 0 Å². The number of carbonyl (C=O) groups is 1.